The fraction of sp³-hybridized carbons (Fsp3) is 0.348. The molecule has 3 aromatic rings. The Bertz CT molecular complexity index is 1150. The molecule has 1 fully saturated rings. The summed E-state index contributed by atoms with van der Waals surface area (Å²) in [4.78, 5) is 19.7. The SMILES string of the molecule is CN1CCN(c2cc(N3CCc4ccc(-c5cnc(Cl)c(F)c5)cc4C3)nc(N)n2)CC1. The Kier molecular flexibility index (Phi) is 5.57. The largest absolute Gasteiger partial charge is 0.368 e. The number of benzene rings is 1. The molecule has 0 bridgehead atoms. The monoisotopic (exact) mass is 453 g/mol. The van der Waals surface area contributed by atoms with Gasteiger partial charge in [0.15, 0.2) is 11.0 Å². The van der Waals surface area contributed by atoms with E-state index in [0.29, 0.717) is 18.1 Å². The number of nitrogens with zero attached hydrogens (tertiary/aromatic N) is 6. The van der Waals surface area contributed by atoms with E-state index in [-0.39, 0.29) is 5.15 Å². The minimum atomic E-state index is -0.517. The van der Waals surface area contributed by atoms with Gasteiger partial charge in [0.2, 0.25) is 5.95 Å². The van der Waals surface area contributed by atoms with Gasteiger partial charge in [0.1, 0.15) is 11.6 Å². The van der Waals surface area contributed by atoms with Crippen molar-refractivity contribution in [3.8, 4) is 11.1 Å². The topological polar surface area (TPSA) is 74.4 Å². The van der Waals surface area contributed by atoms with Crippen LogP contribution in [0.5, 0.6) is 0 Å². The molecular weight excluding hydrogens is 429 g/mol. The Labute approximate surface area is 191 Å². The fourth-order valence-corrected chi connectivity index (χ4v) is 4.41. The summed E-state index contributed by atoms with van der Waals surface area (Å²) in [7, 11) is 2.13. The minimum absolute atomic E-state index is 0.115. The first-order valence-electron chi connectivity index (χ1n) is 10.7. The van der Waals surface area contributed by atoms with Crippen LogP contribution < -0.4 is 15.5 Å². The van der Waals surface area contributed by atoms with Crippen molar-refractivity contribution in [2.24, 2.45) is 0 Å². The number of rotatable bonds is 3. The molecule has 2 aromatic heterocycles. The van der Waals surface area contributed by atoms with Gasteiger partial charge in [-0.2, -0.15) is 9.97 Å². The zero-order valence-corrected chi connectivity index (χ0v) is 18.7. The third kappa shape index (κ3) is 4.20. The van der Waals surface area contributed by atoms with Crippen LogP contribution in [0.4, 0.5) is 22.0 Å². The van der Waals surface area contributed by atoms with Crippen molar-refractivity contribution in [3.05, 3.63) is 58.6 Å². The van der Waals surface area contributed by atoms with Gasteiger partial charge in [0, 0.05) is 57.1 Å². The maximum absolute atomic E-state index is 13.9. The van der Waals surface area contributed by atoms with Crippen molar-refractivity contribution >= 4 is 29.2 Å². The molecule has 2 aliphatic heterocycles. The molecule has 1 saturated heterocycles. The van der Waals surface area contributed by atoms with E-state index in [1.165, 1.54) is 17.2 Å². The van der Waals surface area contributed by atoms with E-state index in [1.54, 1.807) is 6.20 Å². The molecular formula is C23H25ClFN7. The van der Waals surface area contributed by atoms with Gasteiger partial charge in [-0.15, -0.1) is 0 Å². The molecule has 2 N–H and O–H groups in total. The molecule has 0 saturated carbocycles. The van der Waals surface area contributed by atoms with Crippen LogP contribution in [0.25, 0.3) is 11.1 Å². The van der Waals surface area contributed by atoms with Gasteiger partial charge >= 0.3 is 0 Å². The van der Waals surface area contributed by atoms with Gasteiger partial charge in [-0.25, -0.2) is 9.37 Å². The van der Waals surface area contributed by atoms with Crippen molar-refractivity contribution in [1.82, 2.24) is 19.9 Å². The molecule has 166 valence electrons. The third-order valence-electron chi connectivity index (χ3n) is 6.22. The van der Waals surface area contributed by atoms with Crippen LogP contribution >= 0.6 is 11.6 Å². The number of nitrogen functional groups attached to an aromatic ring is 1. The average Bonchev–Trinajstić information content (AvgIpc) is 2.80. The second kappa shape index (κ2) is 8.52. The molecule has 0 unspecified atom stereocenters. The Balaban J connectivity index is 1.40. The summed E-state index contributed by atoms with van der Waals surface area (Å²) in [6.07, 6.45) is 2.50. The highest BCUT2D eigenvalue weighted by molar-refractivity contribution is 6.29. The van der Waals surface area contributed by atoms with E-state index >= 15 is 0 Å². The summed E-state index contributed by atoms with van der Waals surface area (Å²) < 4.78 is 13.9. The number of anilines is 3. The summed E-state index contributed by atoms with van der Waals surface area (Å²) in [5.74, 6) is 1.49. The lowest BCUT2D eigenvalue weighted by Gasteiger charge is -2.34. The first-order valence-corrected chi connectivity index (χ1v) is 11.1. The zero-order valence-electron chi connectivity index (χ0n) is 17.9. The highest BCUT2D eigenvalue weighted by Crippen LogP contribution is 2.30. The first kappa shape index (κ1) is 20.9. The van der Waals surface area contributed by atoms with Gasteiger partial charge in [-0.05, 0) is 42.3 Å². The molecule has 0 radical (unpaired) electrons. The number of pyridine rings is 1. The van der Waals surface area contributed by atoms with Crippen LogP contribution in [0.2, 0.25) is 5.15 Å². The van der Waals surface area contributed by atoms with Gasteiger partial charge in [0.25, 0.3) is 0 Å². The maximum atomic E-state index is 13.9. The van der Waals surface area contributed by atoms with E-state index in [4.69, 9.17) is 17.3 Å². The number of fused-ring (bicyclic) bond motifs is 1. The number of halogens is 2. The number of likely N-dealkylation sites (N-methyl/N-ethyl adjacent to an activating group) is 1. The molecule has 0 atom stereocenters. The lowest BCUT2D eigenvalue weighted by atomic mass is 9.95. The second-order valence-electron chi connectivity index (χ2n) is 8.38. The summed E-state index contributed by atoms with van der Waals surface area (Å²) in [6.45, 7) is 5.39. The Morgan fingerprint density at radius 2 is 1.66 bits per heavy atom. The lowest BCUT2D eigenvalue weighted by molar-refractivity contribution is 0.312. The molecule has 1 aromatic carbocycles. The summed E-state index contributed by atoms with van der Waals surface area (Å²) in [6, 6.07) is 9.67. The van der Waals surface area contributed by atoms with E-state index in [9.17, 15) is 4.39 Å². The molecule has 32 heavy (non-hydrogen) atoms. The van der Waals surface area contributed by atoms with Crippen LogP contribution in [0.15, 0.2) is 36.5 Å². The lowest BCUT2D eigenvalue weighted by Crippen LogP contribution is -2.45. The van der Waals surface area contributed by atoms with Gasteiger partial charge in [-0.3, -0.25) is 0 Å². The Morgan fingerprint density at radius 1 is 0.906 bits per heavy atom. The first-order chi connectivity index (χ1) is 15.5. The molecule has 4 heterocycles. The summed E-state index contributed by atoms with van der Waals surface area (Å²) >= 11 is 5.74. The van der Waals surface area contributed by atoms with E-state index in [1.807, 2.05) is 12.1 Å². The van der Waals surface area contributed by atoms with Crippen LogP contribution in [0, 0.1) is 5.82 Å². The van der Waals surface area contributed by atoms with Crippen molar-refractivity contribution in [1.29, 1.82) is 0 Å². The van der Waals surface area contributed by atoms with Crippen molar-refractivity contribution in [3.63, 3.8) is 0 Å². The molecule has 0 aliphatic carbocycles. The van der Waals surface area contributed by atoms with Gasteiger partial charge in [0.05, 0.1) is 0 Å². The average molecular weight is 454 g/mol. The molecule has 0 spiro atoms. The van der Waals surface area contributed by atoms with Crippen molar-refractivity contribution < 1.29 is 4.39 Å². The molecule has 7 nitrogen and oxygen atoms in total. The minimum Gasteiger partial charge on any atom is -0.368 e. The summed E-state index contributed by atoms with van der Waals surface area (Å²) in [5.41, 5.74) is 10.2. The van der Waals surface area contributed by atoms with Crippen molar-refractivity contribution in [2.75, 3.05) is 55.3 Å². The molecule has 2 aliphatic rings. The predicted molar refractivity (Wildman–Crippen MR) is 126 cm³/mol. The Morgan fingerprint density at radius 3 is 2.41 bits per heavy atom. The number of aromatic nitrogens is 3. The Hall–Kier alpha value is -2.97. The second-order valence-corrected chi connectivity index (χ2v) is 8.74. The molecule has 0 amide bonds. The number of piperazine rings is 1. The molecule has 9 heteroatoms. The maximum Gasteiger partial charge on any atom is 0.223 e. The summed E-state index contributed by atoms with van der Waals surface area (Å²) in [5, 5.41) is -0.115. The number of hydrogen-bond donors (Lipinski definition) is 1. The van der Waals surface area contributed by atoms with Crippen molar-refractivity contribution in [2.45, 2.75) is 13.0 Å². The van der Waals surface area contributed by atoms with E-state index in [2.05, 4.69) is 48.8 Å². The standard InChI is InChI=1S/C23H25ClFN7/c1-30-6-8-31(9-7-30)20-12-21(29-23(26)28-20)32-5-4-15-2-3-16(10-18(15)14-32)17-11-19(25)22(24)27-13-17/h2-3,10-13H,4-9,14H2,1H3,(H2,26,28,29). The normalized spacial score (nSPS) is 16.8. The van der Waals surface area contributed by atoms with Crippen LogP contribution in [-0.4, -0.2) is 59.6 Å². The van der Waals surface area contributed by atoms with Crippen LogP contribution in [-0.2, 0) is 13.0 Å². The van der Waals surface area contributed by atoms with Crippen LogP contribution in [0.1, 0.15) is 11.1 Å². The fourth-order valence-electron chi connectivity index (χ4n) is 4.31. The molecule has 5 rings (SSSR count). The zero-order chi connectivity index (χ0) is 22.2. The third-order valence-corrected chi connectivity index (χ3v) is 6.49. The van der Waals surface area contributed by atoms with Gasteiger partial charge in [-0.1, -0.05) is 23.7 Å². The highest BCUT2D eigenvalue weighted by atomic mass is 35.5. The number of nitrogens with two attached hydrogens (primary N) is 1. The predicted octanol–water partition coefficient (Wildman–Crippen LogP) is 3.23. The number of hydrogen-bond acceptors (Lipinski definition) is 7. The van der Waals surface area contributed by atoms with E-state index in [0.717, 1.165) is 56.3 Å². The van der Waals surface area contributed by atoms with E-state index < -0.39 is 5.82 Å². The van der Waals surface area contributed by atoms with Gasteiger partial charge < -0.3 is 20.4 Å². The quantitative estimate of drug-likeness (QED) is 0.610. The highest BCUT2D eigenvalue weighted by Gasteiger charge is 2.22. The van der Waals surface area contributed by atoms with Crippen LogP contribution in [0.3, 0.4) is 0 Å². The smallest absolute Gasteiger partial charge is 0.223 e.